The van der Waals surface area contributed by atoms with Gasteiger partial charge in [-0.2, -0.15) is 22.6 Å². The zero-order valence-electron chi connectivity index (χ0n) is 21.1. The molecule has 1 saturated heterocycles. The van der Waals surface area contributed by atoms with Gasteiger partial charge in [-0.3, -0.25) is 14.0 Å². The van der Waals surface area contributed by atoms with E-state index in [9.17, 15) is 26.4 Å². The van der Waals surface area contributed by atoms with E-state index in [0.717, 1.165) is 18.6 Å². The van der Waals surface area contributed by atoms with Crippen molar-refractivity contribution in [2.24, 2.45) is 5.73 Å². The lowest BCUT2D eigenvalue weighted by atomic mass is 10.2. The molecule has 40 heavy (non-hydrogen) atoms. The van der Waals surface area contributed by atoms with Crippen LogP contribution in [0.4, 0.5) is 19.0 Å². The Hall–Kier alpha value is -3.46. The molecule has 0 amide bonds. The SMILES string of the molecule is NCCCn1cc(C(=O)n2ccc3cc(S(=O)(=O)N4CCN(c5cc(C(F)(F)F)cc(Cl)n5)CC4)ccc32)cn1. The summed E-state index contributed by atoms with van der Waals surface area (Å²) in [5, 5.41) is 4.45. The Kier molecular flexibility index (Phi) is 7.61. The van der Waals surface area contributed by atoms with E-state index in [4.69, 9.17) is 17.3 Å². The van der Waals surface area contributed by atoms with Crippen LogP contribution in [0, 0.1) is 0 Å². The van der Waals surface area contributed by atoms with Gasteiger partial charge >= 0.3 is 6.18 Å². The van der Waals surface area contributed by atoms with E-state index in [2.05, 4.69) is 10.1 Å². The number of hydrogen-bond acceptors (Lipinski definition) is 7. The predicted octanol–water partition coefficient (Wildman–Crippen LogP) is 3.45. The smallest absolute Gasteiger partial charge is 0.354 e. The monoisotopic (exact) mass is 595 g/mol. The number of aryl methyl sites for hydroxylation is 1. The molecule has 15 heteroatoms. The molecule has 3 aromatic heterocycles. The maximum atomic E-state index is 13.4. The van der Waals surface area contributed by atoms with Gasteiger partial charge in [0.25, 0.3) is 5.91 Å². The molecule has 1 fully saturated rings. The van der Waals surface area contributed by atoms with E-state index in [1.165, 1.54) is 27.2 Å². The zero-order valence-corrected chi connectivity index (χ0v) is 22.6. The minimum absolute atomic E-state index is 0.0363. The van der Waals surface area contributed by atoms with Gasteiger partial charge in [-0.05, 0) is 49.4 Å². The van der Waals surface area contributed by atoms with Crippen molar-refractivity contribution in [2.75, 3.05) is 37.6 Å². The highest BCUT2D eigenvalue weighted by atomic mass is 35.5. The van der Waals surface area contributed by atoms with E-state index >= 15 is 0 Å². The van der Waals surface area contributed by atoms with Crippen molar-refractivity contribution in [1.82, 2.24) is 23.6 Å². The molecule has 4 heterocycles. The Morgan fingerprint density at radius 1 is 1.07 bits per heavy atom. The van der Waals surface area contributed by atoms with E-state index in [1.54, 1.807) is 34.1 Å². The molecule has 1 aromatic carbocycles. The number of alkyl halides is 3. The summed E-state index contributed by atoms with van der Waals surface area (Å²) in [5.41, 5.74) is 5.53. The van der Waals surface area contributed by atoms with E-state index in [-0.39, 0.29) is 48.0 Å². The zero-order chi connectivity index (χ0) is 28.7. The summed E-state index contributed by atoms with van der Waals surface area (Å²) in [4.78, 5) is 18.7. The maximum Gasteiger partial charge on any atom is 0.416 e. The van der Waals surface area contributed by atoms with Crippen molar-refractivity contribution in [3.63, 3.8) is 0 Å². The largest absolute Gasteiger partial charge is 0.416 e. The molecule has 212 valence electrons. The summed E-state index contributed by atoms with van der Waals surface area (Å²) < 4.78 is 70.7. The quantitative estimate of drug-likeness (QED) is 0.325. The molecule has 2 N–H and O–H groups in total. The molecule has 0 radical (unpaired) electrons. The minimum Gasteiger partial charge on any atom is -0.354 e. The van der Waals surface area contributed by atoms with E-state index in [1.807, 2.05) is 0 Å². The lowest BCUT2D eigenvalue weighted by molar-refractivity contribution is -0.137. The highest BCUT2D eigenvalue weighted by molar-refractivity contribution is 7.89. The normalized spacial score (nSPS) is 15.2. The molecule has 1 aliphatic heterocycles. The number of carbonyl (C=O) groups excluding carboxylic acids is 1. The molecular weight excluding hydrogens is 571 g/mol. The number of fused-ring (bicyclic) bond motifs is 1. The van der Waals surface area contributed by atoms with E-state index in [0.29, 0.717) is 29.6 Å². The van der Waals surface area contributed by atoms with Crippen LogP contribution >= 0.6 is 11.6 Å². The van der Waals surface area contributed by atoms with E-state index < -0.39 is 21.8 Å². The standard InChI is InChI=1S/C25H25ClF3N7O3S/c26-22-13-19(25(27,28)29)14-23(32-22)33-8-10-35(11-9-33)40(38,39)20-2-3-21-17(12-20)4-7-36(21)24(37)18-15-31-34(16-18)6-1-5-30/h2-4,7,12-16H,1,5-6,8-11,30H2. The molecule has 1 aliphatic rings. The molecular formula is C25H25ClF3N7O3S. The molecule has 0 unspecified atom stereocenters. The summed E-state index contributed by atoms with van der Waals surface area (Å²) in [5.74, 6) is -0.266. The predicted molar refractivity (Wildman–Crippen MR) is 143 cm³/mol. The summed E-state index contributed by atoms with van der Waals surface area (Å²) in [6.45, 7) is 1.46. The third-order valence-electron chi connectivity index (χ3n) is 6.66. The molecule has 0 atom stereocenters. The van der Waals surface area contributed by atoms with Gasteiger partial charge in [-0.1, -0.05) is 11.6 Å². The van der Waals surface area contributed by atoms with Crippen LogP contribution in [0.3, 0.4) is 0 Å². The number of pyridine rings is 1. The first-order valence-corrected chi connectivity index (χ1v) is 14.2. The van der Waals surface area contributed by atoms with Crippen molar-refractivity contribution >= 4 is 44.3 Å². The lowest BCUT2D eigenvalue weighted by Crippen LogP contribution is -2.49. The molecule has 5 rings (SSSR count). The van der Waals surface area contributed by atoms with Crippen LogP contribution in [0.1, 0.15) is 22.3 Å². The maximum absolute atomic E-state index is 13.4. The number of halogens is 4. The summed E-state index contributed by atoms with van der Waals surface area (Å²) >= 11 is 5.80. The van der Waals surface area contributed by atoms with Crippen LogP contribution in [-0.4, -0.2) is 70.7 Å². The lowest BCUT2D eigenvalue weighted by Gasteiger charge is -2.35. The Balaban J connectivity index is 1.31. The van der Waals surface area contributed by atoms with Crippen molar-refractivity contribution in [1.29, 1.82) is 0 Å². The van der Waals surface area contributed by atoms with Gasteiger partial charge in [0.05, 0.1) is 27.7 Å². The van der Waals surface area contributed by atoms with Crippen molar-refractivity contribution in [3.8, 4) is 0 Å². The first-order chi connectivity index (χ1) is 19.0. The van der Waals surface area contributed by atoms with Gasteiger partial charge in [0.15, 0.2) is 0 Å². The second-order valence-corrected chi connectivity index (χ2v) is 11.6. The van der Waals surface area contributed by atoms with Gasteiger partial charge in [-0.25, -0.2) is 13.4 Å². The van der Waals surface area contributed by atoms with Crippen LogP contribution in [0.15, 0.2) is 59.9 Å². The van der Waals surface area contributed by atoms with Gasteiger partial charge in [-0.15, -0.1) is 0 Å². The average molecular weight is 596 g/mol. The Morgan fingerprint density at radius 3 is 2.52 bits per heavy atom. The number of piperazine rings is 1. The topological polar surface area (TPSA) is 119 Å². The molecule has 10 nitrogen and oxygen atoms in total. The number of benzene rings is 1. The van der Waals surface area contributed by atoms with Crippen molar-refractivity contribution < 1.29 is 26.4 Å². The number of sulfonamides is 1. The molecule has 0 spiro atoms. The fraction of sp³-hybridized carbons (Fsp3) is 0.320. The van der Waals surface area contributed by atoms with Crippen LogP contribution in [0.2, 0.25) is 5.15 Å². The number of hydrogen-bond donors (Lipinski definition) is 1. The summed E-state index contributed by atoms with van der Waals surface area (Å²) in [6, 6.07) is 7.82. The number of nitrogens with two attached hydrogens (primary N) is 1. The number of carbonyl (C=O) groups is 1. The Labute approximate surface area is 232 Å². The highest BCUT2D eigenvalue weighted by Crippen LogP contribution is 2.33. The number of nitrogens with zero attached hydrogens (tertiary/aromatic N) is 6. The molecule has 0 aliphatic carbocycles. The first kappa shape index (κ1) is 28.1. The third kappa shape index (κ3) is 5.57. The van der Waals surface area contributed by atoms with Crippen LogP contribution in [0.5, 0.6) is 0 Å². The molecule has 4 aromatic rings. The second kappa shape index (κ2) is 10.8. The Bertz CT molecular complexity index is 1660. The number of rotatable bonds is 7. The fourth-order valence-electron chi connectivity index (χ4n) is 4.56. The van der Waals surface area contributed by atoms with Crippen LogP contribution < -0.4 is 10.6 Å². The van der Waals surface area contributed by atoms with Gasteiger partial charge in [0.2, 0.25) is 10.0 Å². The van der Waals surface area contributed by atoms with Crippen molar-refractivity contribution in [2.45, 2.75) is 24.0 Å². The summed E-state index contributed by atoms with van der Waals surface area (Å²) in [7, 11) is -3.90. The highest BCUT2D eigenvalue weighted by Gasteiger charge is 2.34. The number of aromatic nitrogens is 4. The molecule has 0 saturated carbocycles. The van der Waals surface area contributed by atoms with Gasteiger partial charge in [0.1, 0.15) is 11.0 Å². The second-order valence-electron chi connectivity index (χ2n) is 9.27. The third-order valence-corrected chi connectivity index (χ3v) is 8.75. The van der Waals surface area contributed by atoms with Gasteiger partial charge < -0.3 is 10.6 Å². The average Bonchev–Trinajstić information content (AvgIpc) is 3.58. The summed E-state index contributed by atoms with van der Waals surface area (Å²) in [6.07, 6.45) is 0.843. The number of anilines is 1. The fourth-order valence-corrected chi connectivity index (χ4v) is 6.22. The van der Waals surface area contributed by atoms with Gasteiger partial charge in [0, 0.05) is 50.5 Å². The minimum atomic E-state index is -4.58. The van der Waals surface area contributed by atoms with Crippen LogP contribution in [-0.2, 0) is 22.7 Å². The molecule has 0 bridgehead atoms. The first-order valence-electron chi connectivity index (χ1n) is 12.4. The van der Waals surface area contributed by atoms with Crippen molar-refractivity contribution in [3.05, 3.63) is 71.3 Å². The van der Waals surface area contributed by atoms with Crippen LogP contribution in [0.25, 0.3) is 10.9 Å². The Morgan fingerprint density at radius 2 is 1.82 bits per heavy atom.